The van der Waals surface area contributed by atoms with Crippen LogP contribution in [-0.2, 0) is 0 Å². The summed E-state index contributed by atoms with van der Waals surface area (Å²) < 4.78 is 13.1. The van der Waals surface area contributed by atoms with Crippen molar-refractivity contribution >= 4 is 26.4 Å². The molecule has 0 spiro atoms. The van der Waals surface area contributed by atoms with Gasteiger partial charge in [0.05, 0.1) is 4.92 Å². The van der Waals surface area contributed by atoms with E-state index in [0.29, 0.717) is 10.1 Å². The molecule has 0 bridgehead atoms. The van der Waals surface area contributed by atoms with Gasteiger partial charge in [0.1, 0.15) is 5.82 Å². The van der Waals surface area contributed by atoms with E-state index in [1.54, 1.807) is 0 Å². The molecule has 14 heavy (non-hydrogen) atoms. The van der Waals surface area contributed by atoms with Crippen molar-refractivity contribution in [1.82, 2.24) is 0 Å². The summed E-state index contributed by atoms with van der Waals surface area (Å²) in [5, 5.41) is 19.8. The van der Waals surface area contributed by atoms with Gasteiger partial charge in [-0.2, -0.15) is 0 Å². The summed E-state index contributed by atoms with van der Waals surface area (Å²) >= 11 is 0.757. The van der Waals surface area contributed by atoms with E-state index in [-0.39, 0.29) is 5.00 Å². The zero-order chi connectivity index (χ0) is 10.3. The van der Waals surface area contributed by atoms with E-state index in [1.807, 2.05) is 0 Å². The molecule has 0 saturated heterocycles. The van der Waals surface area contributed by atoms with E-state index in [1.165, 1.54) is 6.07 Å². The maximum Gasteiger partial charge on any atom is 0.366 e. The second-order valence-corrected chi connectivity index (χ2v) is 3.68. The van der Waals surface area contributed by atoms with E-state index in [9.17, 15) is 19.6 Å². The van der Waals surface area contributed by atoms with Gasteiger partial charge in [0.2, 0.25) is 5.75 Å². The first-order chi connectivity index (χ1) is 6.59. The Morgan fingerprint density at radius 1 is 1.50 bits per heavy atom. The van der Waals surface area contributed by atoms with E-state index < -0.39 is 16.5 Å². The second-order valence-electron chi connectivity index (χ2n) is 2.65. The van der Waals surface area contributed by atoms with Crippen molar-refractivity contribution in [3.63, 3.8) is 0 Å². The summed E-state index contributed by atoms with van der Waals surface area (Å²) in [4.78, 5) is 9.76. The molecule has 6 heteroatoms. The average molecular weight is 213 g/mol. The fourth-order valence-electron chi connectivity index (χ4n) is 1.17. The number of hydrogen-bond acceptors (Lipinski definition) is 4. The molecule has 0 aliphatic rings. The third kappa shape index (κ3) is 1.20. The minimum absolute atomic E-state index is 0.308. The fourth-order valence-corrected chi connectivity index (χ4v) is 2.10. The van der Waals surface area contributed by atoms with E-state index in [4.69, 9.17) is 0 Å². The van der Waals surface area contributed by atoms with Gasteiger partial charge in [-0.25, -0.2) is 4.39 Å². The number of benzene rings is 1. The third-order valence-electron chi connectivity index (χ3n) is 1.77. The van der Waals surface area contributed by atoms with E-state index in [0.717, 1.165) is 23.5 Å². The van der Waals surface area contributed by atoms with Gasteiger partial charge in [0, 0.05) is 10.1 Å². The van der Waals surface area contributed by atoms with Crippen LogP contribution in [0.15, 0.2) is 18.2 Å². The van der Waals surface area contributed by atoms with E-state index >= 15 is 0 Å². The molecule has 2 aromatic rings. The van der Waals surface area contributed by atoms with Crippen molar-refractivity contribution < 1.29 is 14.4 Å². The molecular formula is C8H4FNO3S. The third-order valence-corrected chi connectivity index (χ3v) is 2.87. The fraction of sp³-hybridized carbons (Fsp3) is 0. The number of nitrogens with zero attached hydrogens (tertiary/aromatic N) is 1. The molecule has 0 radical (unpaired) electrons. The Morgan fingerprint density at radius 2 is 2.21 bits per heavy atom. The predicted molar refractivity (Wildman–Crippen MR) is 50.1 cm³/mol. The monoisotopic (exact) mass is 213 g/mol. The number of hydrogen-bond donors (Lipinski definition) is 1. The van der Waals surface area contributed by atoms with Gasteiger partial charge >= 0.3 is 5.00 Å². The lowest BCUT2D eigenvalue weighted by molar-refractivity contribution is -0.381. The second kappa shape index (κ2) is 2.91. The molecule has 1 N–H and O–H groups in total. The first-order valence-corrected chi connectivity index (χ1v) is 4.46. The lowest BCUT2D eigenvalue weighted by Crippen LogP contribution is -1.82. The standard InChI is InChI=1S/C8H4FNO3S/c9-4-1-2-5-6(3-4)14-8(7(5)11)10(12)13/h1-3,11H. The molecule has 0 atom stereocenters. The smallest absolute Gasteiger partial charge is 0.366 e. The molecule has 0 aliphatic carbocycles. The van der Waals surface area contributed by atoms with Crippen LogP contribution in [0.1, 0.15) is 0 Å². The molecule has 0 unspecified atom stereocenters. The van der Waals surface area contributed by atoms with Crippen molar-refractivity contribution in [2.45, 2.75) is 0 Å². The zero-order valence-electron chi connectivity index (χ0n) is 6.73. The number of thiophene rings is 1. The molecule has 1 aromatic carbocycles. The molecule has 0 aliphatic heterocycles. The SMILES string of the molecule is O=[N+]([O-])c1sc2cc(F)ccc2c1O. The topological polar surface area (TPSA) is 63.4 Å². The Balaban J connectivity index is 2.79. The van der Waals surface area contributed by atoms with Crippen molar-refractivity contribution in [3.8, 4) is 5.75 Å². The Bertz CT molecular complexity index is 523. The van der Waals surface area contributed by atoms with Crippen LogP contribution in [0.2, 0.25) is 0 Å². The highest BCUT2D eigenvalue weighted by Crippen LogP contribution is 2.42. The number of rotatable bonds is 1. The molecular weight excluding hydrogens is 209 g/mol. The zero-order valence-corrected chi connectivity index (χ0v) is 7.55. The van der Waals surface area contributed by atoms with Crippen molar-refractivity contribution in [2.75, 3.05) is 0 Å². The number of aromatic hydroxyl groups is 1. The summed E-state index contributed by atoms with van der Waals surface area (Å²) in [7, 11) is 0. The molecule has 4 nitrogen and oxygen atoms in total. The minimum atomic E-state index is -0.683. The highest BCUT2D eigenvalue weighted by atomic mass is 32.1. The van der Waals surface area contributed by atoms with Gasteiger partial charge in [0.25, 0.3) is 0 Å². The molecule has 1 heterocycles. The Morgan fingerprint density at radius 3 is 2.86 bits per heavy atom. The summed E-state index contributed by atoms with van der Waals surface area (Å²) in [6.45, 7) is 0. The minimum Gasteiger partial charge on any atom is -0.501 e. The normalized spacial score (nSPS) is 10.6. The number of halogens is 1. The largest absolute Gasteiger partial charge is 0.501 e. The van der Waals surface area contributed by atoms with Gasteiger partial charge in [-0.1, -0.05) is 11.3 Å². The molecule has 2 rings (SSSR count). The van der Waals surface area contributed by atoms with Gasteiger partial charge in [-0.3, -0.25) is 10.1 Å². The van der Waals surface area contributed by atoms with Gasteiger partial charge in [-0.15, -0.1) is 0 Å². The van der Waals surface area contributed by atoms with Crippen molar-refractivity contribution in [3.05, 3.63) is 34.1 Å². The van der Waals surface area contributed by atoms with Crippen LogP contribution in [0.4, 0.5) is 9.39 Å². The summed E-state index contributed by atoms with van der Waals surface area (Å²) in [5.41, 5.74) is 0. The molecule has 1 aromatic heterocycles. The van der Waals surface area contributed by atoms with Crippen molar-refractivity contribution in [2.24, 2.45) is 0 Å². The van der Waals surface area contributed by atoms with Crippen LogP contribution in [-0.4, -0.2) is 10.0 Å². The lowest BCUT2D eigenvalue weighted by Gasteiger charge is -1.88. The summed E-state index contributed by atoms with van der Waals surface area (Å²) in [6.07, 6.45) is 0. The molecule has 0 fully saturated rings. The van der Waals surface area contributed by atoms with Crippen LogP contribution >= 0.6 is 11.3 Å². The quantitative estimate of drug-likeness (QED) is 0.585. The molecule has 0 amide bonds. The van der Waals surface area contributed by atoms with Crippen LogP contribution < -0.4 is 0 Å². The Labute approximate surface area is 81.4 Å². The number of nitro groups is 1. The van der Waals surface area contributed by atoms with Crippen LogP contribution in [0.25, 0.3) is 10.1 Å². The molecule has 0 saturated carbocycles. The first-order valence-electron chi connectivity index (χ1n) is 3.65. The van der Waals surface area contributed by atoms with Gasteiger partial charge in [0.15, 0.2) is 0 Å². The highest BCUT2D eigenvalue weighted by Gasteiger charge is 2.20. The van der Waals surface area contributed by atoms with Gasteiger partial charge < -0.3 is 5.11 Å². The van der Waals surface area contributed by atoms with Crippen LogP contribution in [0, 0.1) is 15.9 Å². The van der Waals surface area contributed by atoms with Crippen molar-refractivity contribution in [1.29, 1.82) is 0 Å². The first kappa shape index (κ1) is 8.89. The Kier molecular flexibility index (Phi) is 1.85. The number of fused-ring (bicyclic) bond motifs is 1. The highest BCUT2D eigenvalue weighted by molar-refractivity contribution is 7.22. The van der Waals surface area contributed by atoms with Crippen LogP contribution in [0.3, 0.4) is 0 Å². The predicted octanol–water partition coefficient (Wildman–Crippen LogP) is 2.65. The van der Waals surface area contributed by atoms with Crippen LogP contribution in [0.5, 0.6) is 5.75 Å². The molecule has 72 valence electrons. The lowest BCUT2D eigenvalue weighted by atomic mass is 10.2. The maximum absolute atomic E-state index is 12.7. The summed E-state index contributed by atoms with van der Waals surface area (Å²) in [6, 6.07) is 3.63. The summed E-state index contributed by atoms with van der Waals surface area (Å²) in [5.74, 6) is -0.872. The Hall–Kier alpha value is -1.69. The average Bonchev–Trinajstić information content (AvgIpc) is 2.43. The maximum atomic E-state index is 12.7. The van der Waals surface area contributed by atoms with E-state index in [2.05, 4.69) is 0 Å². The van der Waals surface area contributed by atoms with Gasteiger partial charge in [-0.05, 0) is 18.2 Å².